The average Bonchev–Trinajstić information content (AvgIpc) is 2.09. The van der Waals surface area contributed by atoms with E-state index in [1.54, 1.807) is 6.92 Å². The first-order valence-electron chi connectivity index (χ1n) is 6.17. The van der Waals surface area contributed by atoms with Gasteiger partial charge in [-0.3, -0.25) is 4.79 Å². The average molecular weight is 340 g/mol. The summed E-state index contributed by atoms with van der Waals surface area (Å²) in [4.78, 5) is 11.4. The van der Waals surface area contributed by atoms with Gasteiger partial charge in [0, 0.05) is 5.57 Å². The maximum atomic E-state index is 11.4. The molecule has 0 saturated carbocycles. The third-order valence-corrected chi connectivity index (χ3v) is 2.52. The SMILES string of the molecule is C.C.C.C.C.C=C(C)C(=O)NC[N+](C)(C)CC(O)C[N+](C)(C)C. The molecule has 0 rings (SSSR count). The second kappa shape index (κ2) is 14.7. The summed E-state index contributed by atoms with van der Waals surface area (Å²) >= 11 is 0. The molecule has 2 N–H and O–H groups in total. The van der Waals surface area contributed by atoms with Crippen LogP contribution in [-0.4, -0.2) is 81.1 Å². The molecular formula is C18H49N3O2+2. The van der Waals surface area contributed by atoms with E-state index in [0.29, 0.717) is 29.8 Å². The smallest absolute Gasteiger partial charge is 0.250 e. The third-order valence-electron chi connectivity index (χ3n) is 2.52. The number of hydrogen-bond donors (Lipinski definition) is 2. The van der Waals surface area contributed by atoms with Gasteiger partial charge in [-0.2, -0.15) is 0 Å². The minimum atomic E-state index is -0.387. The number of nitrogens with one attached hydrogen (secondary N) is 1. The van der Waals surface area contributed by atoms with Gasteiger partial charge in [-0.15, -0.1) is 0 Å². The number of rotatable bonds is 7. The van der Waals surface area contributed by atoms with Crippen LogP contribution in [0, 0.1) is 0 Å². The van der Waals surface area contributed by atoms with Crippen LogP contribution in [0.15, 0.2) is 12.2 Å². The second-order valence-corrected chi connectivity index (χ2v) is 6.69. The van der Waals surface area contributed by atoms with Crippen molar-refractivity contribution in [1.29, 1.82) is 0 Å². The molecule has 23 heavy (non-hydrogen) atoms. The fraction of sp³-hybridized carbons (Fsp3) is 0.833. The number of likely N-dealkylation sites (N-methyl/N-ethyl adjacent to an activating group) is 2. The van der Waals surface area contributed by atoms with Gasteiger partial charge in [0.25, 0.3) is 5.91 Å². The quantitative estimate of drug-likeness (QED) is 0.426. The van der Waals surface area contributed by atoms with E-state index in [1.807, 2.05) is 35.2 Å². The molecule has 0 aliphatic carbocycles. The Kier molecular flexibility index (Phi) is 24.2. The first kappa shape index (κ1) is 38.0. The van der Waals surface area contributed by atoms with Crippen LogP contribution in [0.3, 0.4) is 0 Å². The van der Waals surface area contributed by atoms with Crippen LogP contribution in [-0.2, 0) is 4.79 Å². The summed E-state index contributed by atoms with van der Waals surface area (Å²) in [6, 6.07) is 0. The zero-order valence-corrected chi connectivity index (χ0v) is 12.7. The van der Waals surface area contributed by atoms with Crippen LogP contribution in [0.2, 0.25) is 0 Å². The van der Waals surface area contributed by atoms with Gasteiger partial charge in [0.05, 0.1) is 35.2 Å². The summed E-state index contributed by atoms with van der Waals surface area (Å²) in [5, 5.41) is 12.8. The molecule has 1 unspecified atom stereocenters. The molecule has 0 spiro atoms. The molecule has 0 aliphatic rings. The normalized spacial score (nSPS) is 11.1. The number of carbonyl (C=O) groups is 1. The lowest BCUT2D eigenvalue weighted by atomic mass is 10.2. The van der Waals surface area contributed by atoms with E-state index < -0.39 is 0 Å². The summed E-state index contributed by atoms with van der Waals surface area (Å²) in [6.45, 7) is 7.06. The maximum Gasteiger partial charge on any atom is 0.250 e. The van der Waals surface area contributed by atoms with E-state index in [1.165, 1.54) is 0 Å². The molecule has 0 saturated heterocycles. The van der Waals surface area contributed by atoms with Crippen LogP contribution >= 0.6 is 0 Å². The van der Waals surface area contributed by atoms with Crippen LogP contribution in [0.4, 0.5) is 0 Å². The molecule has 0 radical (unpaired) electrons. The van der Waals surface area contributed by atoms with Gasteiger partial charge >= 0.3 is 0 Å². The molecule has 1 amide bonds. The number of nitrogens with zero attached hydrogens (tertiary/aromatic N) is 2. The predicted octanol–water partition coefficient (Wildman–Crippen LogP) is 2.96. The number of aliphatic hydroxyl groups is 1. The van der Waals surface area contributed by atoms with Crippen LogP contribution in [0.25, 0.3) is 0 Å². The summed E-state index contributed by atoms with van der Waals surface area (Å²) in [5.74, 6) is -0.137. The minimum absolute atomic E-state index is 0. The van der Waals surface area contributed by atoms with Crippen molar-refractivity contribution in [3.63, 3.8) is 0 Å². The Bertz CT molecular complexity index is 308. The Labute approximate surface area is 148 Å². The Balaban J connectivity index is -0.000000144. The highest BCUT2D eigenvalue weighted by molar-refractivity contribution is 5.91. The number of aliphatic hydroxyl groups excluding tert-OH is 1. The molecular weight excluding hydrogens is 290 g/mol. The van der Waals surface area contributed by atoms with E-state index in [0.717, 1.165) is 4.48 Å². The molecule has 0 heterocycles. The third kappa shape index (κ3) is 21.1. The van der Waals surface area contributed by atoms with Gasteiger partial charge in [0.2, 0.25) is 0 Å². The van der Waals surface area contributed by atoms with E-state index in [9.17, 15) is 9.90 Å². The maximum absolute atomic E-state index is 11.4. The largest absolute Gasteiger partial charge is 0.382 e. The summed E-state index contributed by atoms with van der Waals surface area (Å²) in [7, 11) is 10.1. The van der Waals surface area contributed by atoms with Crippen molar-refractivity contribution in [2.45, 2.75) is 50.2 Å². The Morgan fingerprint density at radius 3 is 1.70 bits per heavy atom. The van der Waals surface area contributed by atoms with Crippen molar-refractivity contribution in [3.05, 3.63) is 12.2 Å². The number of carbonyl (C=O) groups excluding carboxylic acids is 1. The van der Waals surface area contributed by atoms with E-state index in [4.69, 9.17) is 0 Å². The Hall–Kier alpha value is -0.910. The lowest BCUT2D eigenvalue weighted by Gasteiger charge is -2.34. The zero-order chi connectivity index (χ0) is 14.6. The summed E-state index contributed by atoms with van der Waals surface area (Å²) in [6.07, 6.45) is -0.387. The Morgan fingerprint density at radius 1 is 1.00 bits per heavy atom. The topological polar surface area (TPSA) is 49.3 Å². The first-order valence-corrected chi connectivity index (χ1v) is 6.17. The molecule has 0 aromatic heterocycles. The lowest BCUT2D eigenvalue weighted by Crippen LogP contribution is -2.55. The van der Waals surface area contributed by atoms with Gasteiger partial charge in [0.1, 0.15) is 13.1 Å². The number of hydrogen-bond acceptors (Lipinski definition) is 2. The van der Waals surface area contributed by atoms with Gasteiger partial charge in [-0.25, -0.2) is 0 Å². The van der Waals surface area contributed by atoms with Crippen molar-refractivity contribution in [2.75, 3.05) is 55.0 Å². The molecule has 5 nitrogen and oxygen atoms in total. The predicted molar refractivity (Wildman–Crippen MR) is 107 cm³/mol. The van der Waals surface area contributed by atoms with Gasteiger partial charge in [-0.1, -0.05) is 43.7 Å². The fourth-order valence-corrected chi connectivity index (χ4v) is 1.76. The van der Waals surface area contributed by atoms with E-state index >= 15 is 0 Å². The fourth-order valence-electron chi connectivity index (χ4n) is 1.76. The summed E-state index contributed by atoms with van der Waals surface area (Å²) < 4.78 is 1.26. The van der Waals surface area contributed by atoms with Crippen molar-refractivity contribution in [2.24, 2.45) is 0 Å². The number of quaternary nitrogens is 2. The molecule has 0 fully saturated rings. The second-order valence-electron chi connectivity index (χ2n) is 6.69. The number of amides is 1. The highest BCUT2D eigenvalue weighted by Gasteiger charge is 2.25. The van der Waals surface area contributed by atoms with Crippen LogP contribution in [0.1, 0.15) is 44.1 Å². The van der Waals surface area contributed by atoms with Gasteiger partial charge in [-0.05, 0) is 6.92 Å². The van der Waals surface area contributed by atoms with Crippen molar-refractivity contribution in [1.82, 2.24) is 5.32 Å². The molecule has 1 atom stereocenters. The zero-order valence-electron chi connectivity index (χ0n) is 12.7. The highest BCUT2D eigenvalue weighted by Crippen LogP contribution is 2.02. The molecule has 0 bridgehead atoms. The van der Waals surface area contributed by atoms with E-state index in [2.05, 4.69) is 11.9 Å². The van der Waals surface area contributed by atoms with Crippen molar-refractivity contribution in [3.8, 4) is 0 Å². The molecule has 146 valence electrons. The molecule has 0 aliphatic heterocycles. The minimum Gasteiger partial charge on any atom is -0.382 e. The van der Waals surface area contributed by atoms with Gasteiger partial charge < -0.3 is 19.4 Å². The van der Waals surface area contributed by atoms with E-state index in [-0.39, 0.29) is 49.1 Å². The van der Waals surface area contributed by atoms with Crippen molar-refractivity contribution < 1.29 is 18.9 Å². The molecule has 0 aromatic rings. The first-order chi connectivity index (χ1) is 7.93. The van der Waals surface area contributed by atoms with Crippen LogP contribution in [0.5, 0.6) is 0 Å². The standard InChI is InChI=1S/C13H28N3O2.5CH4/c1-11(2)13(18)14-10-16(6,7)9-12(17)8-15(3,4)5;;;;;/h12,17H,1,8-10H2,2-7H3;5*1H4/q+1;;;;;/p+1. The molecule has 5 heteroatoms. The molecule has 0 aromatic carbocycles. The van der Waals surface area contributed by atoms with Crippen molar-refractivity contribution >= 4 is 5.91 Å². The lowest BCUT2D eigenvalue weighted by molar-refractivity contribution is -0.908. The Morgan fingerprint density at radius 2 is 1.39 bits per heavy atom. The van der Waals surface area contributed by atoms with Gasteiger partial charge in [0.15, 0.2) is 12.8 Å². The highest BCUT2D eigenvalue weighted by atomic mass is 16.3. The summed E-state index contributed by atoms with van der Waals surface area (Å²) in [5.41, 5.74) is 0.502. The van der Waals surface area contributed by atoms with Crippen LogP contribution < -0.4 is 5.32 Å². The monoisotopic (exact) mass is 339 g/mol.